The minimum atomic E-state index is 0.0709. The number of hydrogen-bond acceptors (Lipinski definition) is 5. The summed E-state index contributed by atoms with van der Waals surface area (Å²) in [6.07, 6.45) is 1.14. The number of para-hydroxylation sites is 1. The molecule has 5 nitrogen and oxygen atoms in total. The van der Waals surface area contributed by atoms with Crippen molar-refractivity contribution in [2.45, 2.75) is 12.8 Å². The first-order chi connectivity index (χ1) is 12.7. The second-order valence-electron chi connectivity index (χ2n) is 6.23. The Kier molecular flexibility index (Phi) is 4.99. The Morgan fingerprint density at radius 2 is 1.77 bits per heavy atom. The molecule has 1 aromatic carbocycles. The van der Waals surface area contributed by atoms with E-state index in [2.05, 4.69) is 11.1 Å². The minimum absolute atomic E-state index is 0.0709. The molecule has 4 rings (SSSR count). The number of thiophene rings is 1. The molecule has 0 atom stereocenters. The van der Waals surface area contributed by atoms with Crippen molar-refractivity contribution in [1.82, 2.24) is 14.8 Å². The van der Waals surface area contributed by atoms with Gasteiger partial charge in [0.05, 0.1) is 20.1 Å². The van der Waals surface area contributed by atoms with Crippen LogP contribution in [0.25, 0.3) is 10.2 Å². The molecule has 0 bridgehead atoms. The lowest BCUT2D eigenvalue weighted by molar-refractivity contribution is -0.132. The molecule has 26 heavy (non-hydrogen) atoms. The highest BCUT2D eigenvalue weighted by Gasteiger charge is 2.25. The van der Waals surface area contributed by atoms with E-state index in [4.69, 9.17) is 0 Å². The lowest BCUT2D eigenvalue weighted by Crippen LogP contribution is -2.50. The quantitative estimate of drug-likeness (QED) is 0.693. The molecule has 2 aromatic heterocycles. The van der Waals surface area contributed by atoms with Crippen LogP contribution in [-0.4, -0.2) is 52.8 Å². The summed E-state index contributed by atoms with van der Waals surface area (Å²) in [5.74, 6) is 0.217. The number of amides is 2. The molecule has 1 fully saturated rings. The van der Waals surface area contributed by atoms with E-state index in [0.29, 0.717) is 39.0 Å². The number of piperazine rings is 1. The largest absolute Gasteiger partial charge is 0.339 e. The number of fused-ring (bicyclic) bond motifs is 1. The molecular formula is C19H19N3O2S2. The Labute approximate surface area is 159 Å². The average Bonchev–Trinajstić information content (AvgIpc) is 3.35. The van der Waals surface area contributed by atoms with Crippen LogP contribution in [-0.2, 0) is 11.2 Å². The zero-order valence-corrected chi connectivity index (χ0v) is 15.9. The first-order valence-electron chi connectivity index (χ1n) is 8.66. The lowest BCUT2D eigenvalue weighted by Gasteiger charge is -2.34. The molecule has 3 aromatic rings. The number of rotatable bonds is 4. The molecule has 1 saturated heterocycles. The molecule has 1 aliphatic heterocycles. The van der Waals surface area contributed by atoms with Crippen LogP contribution >= 0.6 is 22.7 Å². The molecule has 134 valence electrons. The fraction of sp³-hybridized carbons (Fsp3) is 0.316. The summed E-state index contributed by atoms with van der Waals surface area (Å²) in [5.41, 5.74) is 1.00. The van der Waals surface area contributed by atoms with Gasteiger partial charge >= 0.3 is 0 Å². The number of carbonyl (C=O) groups excluding carboxylic acids is 2. The molecule has 0 N–H and O–H groups in total. The van der Waals surface area contributed by atoms with E-state index in [0.717, 1.165) is 20.1 Å². The van der Waals surface area contributed by atoms with Gasteiger partial charge in [0.25, 0.3) is 5.91 Å². The second-order valence-corrected chi connectivity index (χ2v) is 8.29. The number of aryl methyl sites for hydroxylation is 1. The Morgan fingerprint density at radius 1 is 1.00 bits per heavy atom. The van der Waals surface area contributed by atoms with Gasteiger partial charge < -0.3 is 9.80 Å². The van der Waals surface area contributed by atoms with E-state index in [9.17, 15) is 9.59 Å². The third kappa shape index (κ3) is 3.64. The van der Waals surface area contributed by atoms with Crippen molar-refractivity contribution in [1.29, 1.82) is 0 Å². The predicted molar refractivity (Wildman–Crippen MR) is 105 cm³/mol. The number of hydrogen-bond donors (Lipinski definition) is 0. The smallest absolute Gasteiger partial charge is 0.264 e. The molecule has 0 spiro atoms. The van der Waals surface area contributed by atoms with Crippen molar-refractivity contribution in [2.75, 3.05) is 26.2 Å². The van der Waals surface area contributed by atoms with Crippen LogP contribution in [0.1, 0.15) is 21.1 Å². The number of nitrogens with zero attached hydrogens (tertiary/aromatic N) is 3. The molecule has 1 aliphatic rings. The van der Waals surface area contributed by atoms with Crippen molar-refractivity contribution < 1.29 is 9.59 Å². The van der Waals surface area contributed by atoms with Crippen LogP contribution in [0, 0.1) is 0 Å². The number of thiazole rings is 1. The Morgan fingerprint density at radius 3 is 2.50 bits per heavy atom. The van der Waals surface area contributed by atoms with Gasteiger partial charge in [-0.15, -0.1) is 22.7 Å². The van der Waals surface area contributed by atoms with Gasteiger partial charge in [0, 0.05) is 39.0 Å². The Balaban J connectivity index is 1.29. The molecule has 0 radical (unpaired) electrons. The van der Waals surface area contributed by atoms with Gasteiger partial charge in [-0.05, 0) is 23.6 Å². The molecule has 0 unspecified atom stereocenters. The first-order valence-corrected chi connectivity index (χ1v) is 10.4. The van der Waals surface area contributed by atoms with E-state index in [1.807, 2.05) is 45.5 Å². The standard InChI is InChI=1S/C19H19N3O2S2/c23-18(8-7-17-20-14-4-1-2-5-15(14)26-17)21-9-11-22(12-10-21)19(24)16-6-3-13-25-16/h1-6,13H,7-12H2. The normalized spacial score (nSPS) is 14.8. The monoisotopic (exact) mass is 385 g/mol. The minimum Gasteiger partial charge on any atom is -0.339 e. The fourth-order valence-electron chi connectivity index (χ4n) is 3.11. The summed E-state index contributed by atoms with van der Waals surface area (Å²) < 4.78 is 1.16. The molecule has 0 aliphatic carbocycles. The van der Waals surface area contributed by atoms with Crippen molar-refractivity contribution in [3.05, 3.63) is 51.7 Å². The van der Waals surface area contributed by atoms with Gasteiger partial charge in [0.2, 0.25) is 5.91 Å². The highest BCUT2D eigenvalue weighted by Crippen LogP contribution is 2.22. The molecule has 7 heteroatoms. The van der Waals surface area contributed by atoms with E-state index < -0.39 is 0 Å². The van der Waals surface area contributed by atoms with Crippen LogP contribution in [0.3, 0.4) is 0 Å². The zero-order valence-electron chi connectivity index (χ0n) is 14.3. The van der Waals surface area contributed by atoms with Gasteiger partial charge in [0.1, 0.15) is 0 Å². The number of carbonyl (C=O) groups is 2. The summed E-state index contributed by atoms with van der Waals surface area (Å²) in [6, 6.07) is 11.8. The lowest BCUT2D eigenvalue weighted by atomic mass is 10.2. The van der Waals surface area contributed by atoms with Crippen molar-refractivity contribution in [3.8, 4) is 0 Å². The maximum absolute atomic E-state index is 12.5. The van der Waals surface area contributed by atoms with Crippen LogP contribution < -0.4 is 0 Å². The van der Waals surface area contributed by atoms with Gasteiger partial charge in [-0.1, -0.05) is 18.2 Å². The topological polar surface area (TPSA) is 53.5 Å². The highest BCUT2D eigenvalue weighted by molar-refractivity contribution is 7.18. The number of aromatic nitrogens is 1. The highest BCUT2D eigenvalue weighted by atomic mass is 32.1. The average molecular weight is 386 g/mol. The number of benzene rings is 1. The maximum atomic E-state index is 12.5. The van der Waals surface area contributed by atoms with Gasteiger partial charge in [-0.25, -0.2) is 4.98 Å². The zero-order chi connectivity index (χ0) is 17.9. The maximum Gasteiger partial charge on any atom is 0.264 e. The van der Waals surface area contributed by atoms with E-state index in [-0.39, 0.29) is 11.8 Å². The summed E-state index contributed by atoms with van der Waals surface area (Å²) in [5, 5.41) is 2.92. The van der Waals surface area contributed by atoms with Crippen LogP contribution in [0.5, 0.6) is 0 Å². The van der Waals surface area contributed by atoms with Crippen molar-refractivity contribution in [3.63, 3.8) is 0 Å². The van der Waals surface area contributed by atoms with Gasteiger partial charge in [-0.2, -0.15) is 0 Å². The predicted octanol–water partition coefficient (Wildman–Crippen LogP) is 3.28. The molecule has 2 amide bonds. The van der Waals surface area contributed by atoms with E-state index >= 15 is 0 Å². The SMILES string of the molecule is O=C(CCc1nc2ccccc2s1)N1CCN(C(=O)c2cccs2)CC1. The summed E-state index contributed by atoms with van der Waals surface area (Å²) in [6.45, 7) is 2.42. The third-order valence-corrected chi connectivity index (χ3v) is 6.50. The van der Waals surface area contributed by atoms with Gasteiger partial charge in [0.15, 0.2) is 0 Å². The summed E-state index contributed by atoms with van der Waals surface area (Å²) in [7, 11) is 0. The molecule has 3 heterocycles. The molecular weight excluding hydrogens is 366 g/mol. The first kappa shape index (κ1) is 17.2. The third-order valence-electron chi connectivity index (χ3n) is 4.54. The van der Waals surface area contributed by atoms with Crippen LogP contribution in [0.15, 0.2) is 41.8 Å². The molecule has 0 saturated carbocycles. The van der Waals surface area contributed by atoms with Crippen molar-refractivity contribution in [2.24, 2.45) is 0 Å². The summed E-state index contributed by atoms with van der Waals surface area (Å²) >= 11 is 3.12. The van der Waals surface area contributed by atoms with Crippen LogP contribution in [0.4, 0.5) is 0 Å². The second kappa shape index (κ2) is 7.55. The van der Waals surface area contributed by atoms with E-state index in [1.54, 1.807) is 11.3 Å². The fourth-order valence-corrected chi connectivity index (χ4v) is 4.77. The Bertz CT molecular complexity index is 879. The van der Waals surface area contributed by atoms with Crippen molar-refractivity contribution >= 4 is 44.7 Å². The van der Waals surface area contributed by atoms with Gasteiger partial charge in [-0.3, -0.25) is 9.59 Å². The Hall–Kier alpha value is -2.25. The van der Waals surface area contributed by atoms with Crippen LogP contribution in [0.2, 0.25) is 0 Å². The summed E-state index contributed by atoms with van der Waals surface area (Å²) in [4.78, 5) is 33.9. The van der Waals surface area contributed by atoms with E-state index in [1.165, 1.54) is 11.3 Å².